The zero-order valence-corrected chi connectivity index (χ0v) is 16.4. The molecule has 0 aliphatic carbocycles. The molecule has 9 heteroatoms. The molecule has 0 radical (unpaired) electrons. The third kappa shape index (κ3) is 3.84. The molecule has 0 fully saturated rings. The number of carbonyl (C=O) groups is 1. The van der Waals surface area contributed by atoms with Crippen molar-refractivity contribution in [3.8, 4) is 0 Å². The van der Waals surface area contributed by atoms with Crippen LogP contribution in [0, 0.1) is 24.4 Å². The van der Waals surface area contributed by atoms with E-state index in [9.17, 15) is 22.8 Å². The van der Waals surface area contributed by atoms with Gasteiger partial charge in [0.15, 0.2) is 0 Å². The van der Waals surface area contributed by atoms with Crippen molar-refractivity contribution in [3.05, 3.63) is 91.9 Å². The van der Waals surface area contributed by atoms with Gasteiger partial charge in [-0.2, -0.15) is 0 Å². The van der Waals surface area contributed by atoms with Gasteiger partial charge in [-0.05, 0) is 42.8 Å². The molecule has 0 aliphatic heterocycles. The number of hydrogen-bond acceptors (Lipinski definition) is 4. The molecule has 4 aromatic rings. The number of benzene rings is 2. The van der Waals surface area contributed by atoms with Crippen LogP contribution in [0.5, 0.6) is 0 Å². The summed E-state index contributed by atoms with van der Waals surface area (Å²) in [4.78, 5) is 33.4. The van der Waals surface area contributed by atoms with Gasteiger partial charge < -0.3 is 9.88 Å². The first-order valence-corrected chi connectivity index (χ1v) is 9.69. The first kappa shape index (κ1) is 19.8. The third-order valence-corrected chi connectivity index (χ3v) is 5.48. The molecule has 0 saturated heterocycles. The lowest BCUT2D eigenvalue weighted by Gasteiger charge is -2.23. The number of thiazole rings is 1. The van der Waals surface area contributed by atoms with E-state index in [-0.39, 0.29) is 17.7 Å². The second-order valence-electron chi connectivity index (χ2n) is 6.63. The van der Waals surface area contributed by atoms with Crippen LogP contribution in [-0.4, -0.2) is 15.9 Å². The highest BCUT2D eigenvalue weighted by Gasteiger charge is 2.24. The molecule has 0 aliphatic rings. The lowest BCUT2D eigenvalue weighted by Crippen LogP contribution is -2.31. The second kappa shape index (κ2) is 7.75. The molecule has 2 heterocycles. The summed E-state index contributed by atoms with van der Waals surface area (Å²) in [6.45, 7) is 1.49. The Morgan fingerprint density at radius 1 is 1.07 bits per heavy atom. The lowest BCUT2D eigenvalue weighted by atomic mass is 10.1. The number of H-pyrrole nitrogens is 1. The number of aromatic nitrogens is 2. The van der Waals surface area contributed by atoms with Crippen molar-refractivity contribution in [2.45, 2.75) is 13.5 Å². The van der Waals surface area contributed by atoms with Gasteiger partial charge >= 0.3 is 0 Å². The van der Waals surface area contributed by atoms with Crippen molar-refractivity contribution in [1.29, 1.82) is 0 Å². The molecular weight excluding hydrogens is 415 g/mol. The van der Waals surface area contributed by atoms with E-state index >= 15 is 0 Å². The smallest absolute Gasteiger partial charge is 0.270 e. The van der Waals surface area contributed by atoms with E-state index < -0.39 is 28.9 Å². The quantitative estimate of drug-likeness (QED) is 0.517. The topological polar surface area (TPSA) is 66.1 Å². The number of hydrogen-bond donors (Lipinski definition) is 1. The molecule has 5 nitrogen and oxygen atoms in total. The van der Waals surface area contributed by atoms with E-state index in [0.717, 1.165) is 23.5 Å². The summed E-state index contributed by atoms with van der Waals surface area (Å²) < 4.78 is 41.4. The largest absolute Gasteiger partial charge is 0.322 e. The number of aromatic amines is 1. The molecule has 4 rings (SSSR count). The Labute approximate surface area is 172 Å². The maximum Gasteiger partial charge on any atom is 0.270 e. The van der Waals surface area contributed by atoms with Gasteiger partial charge in [0, 0.05) is 17.5 Å². The highest BCUT2D eigenvalue weighted by Crippen LogP contribution is 2.27. The maximum absolute atomic E-state index is 13.9. The molecular formula is C21H14F3N3O2S. The number of fused-ring (bicyclic) bond motifs is 1. The van der Waals surface area contributed by atoms with Crippen molar-refractivity contribution < 1.29 is 18.0 Å². The molecule has 0 bridgehead atoms. The van der Waals surface area contributed by atoms with Gasteiger partial charge in [0.1, 0.15) is 22.3 Å². The highest BCUT2D eigenvalue weighted by molar-refractivity contribution is 7.12. The Balaban J connectivity index is 1.87. The Bertz CT molecular complexity index is 1310. The van der Waals surface area contributed by atoms with Gasteiger partial charge in [0.25, 0.3) is 5.91 Å². The van der Waals surface area contributed by atoms with E-state index in [0.29, 0.717) is 27.6 Å². The van der Waals surface area contributed by atoms with E-state index in [1.165, 1.54) is 34.7 Å². The number of pyridine rings is 1. The fraction of sp³-hybridized carbons (Fsp3) is 0.0952. The average Bonchev–Trinajstić information content (AvgIpc) is 3.10. The first-order valence-electron chi connectivity index (χ1n) is 8.81. The molecule has 0 spiro atoms. The van der Waals surface area contributed by atoms with Crippen LogP contribution in [0.25, 0.3) is 10.9 Å². The number of anilines is 1. The van der Waals surface area contributed by atoms with Crippen LogP contribution in [0.2, 0.25) is 0 Å². The minimum absolute atomic E-state index is 0.0131. The van der Waals surface area contributed by atoms with Crippen LogP contribution < -0.4 is 10.5 Å². The highest BCUT2D eigenvalue weighted by atomic mass is 32.1. The van der Waals surface area contributed by atoms with E-state index in [4.69, 9.17) is 0 Å². The van der Waals surface area contributed by atoms with Gasteiger partial charge in [-0.3, -0.25) is 9.59 Å². The summed E-state index contributed by atoms with van der Waals surface area (Å²) in [5.74, 6) is -2.74. The van der Waals surface area contributed by atoms with Crippen LogP contribution in [-0.2, 0) is 6.54 Å². The Kier molecular flexibility index (Phi) is 5.13. The average molecular weight is 429 g/mol. The summed E-state index contributed by atoms with van der Waals surface area (Å²) in [5.41, 5.74) is 2.12. The van der Waals surface area contributed by atoms with Gasteiger partial charge in [-0.25, -0.2) is 18.2 Å². The molecule has 0 atom stereocenters. The SMILES string of the molecule is Cc1ncsc1C(=O)N(Cc1cc(=O)[nH]c2cc(F)ccc12)c1cc(F)cc(F)c1. The molecule has 1 N–H and O–H groups in total. The number of amides is 1. The fourth-order valence-corrected chi connectivity index (χ4v) is 3.96. The molecule has 0 unspecified atom stereocenters. The van der Waals surface area contributed by atoms with Gasteiger partial charge in [-0.1, -0.05) is 0 Å². The maximum atomic E-state index is 13.9. The van der Waals surface area contributed by atoms with E-state index in [2.05, 4.69) is 9.97 Å². The van der Waals surface area contributed by atoms with Crippen LogP contribution in [0.1, 0.15) is 20.9 Å². The van der Waals surface area contributed by atoms with Crippen molar-refractivity contribution in [2.75, 3.05) is 4.90 Å². The summed E-state index contributed by atoms with van der Waals surface area (Å²) in [6, 6.07) is 7.92. The van der Waals surface area contributed by atoms with E-state index in [1.807, 2.05) is 0 Å². The molecule has 1 amide bonds. The summed E-state index contributed by atoms with van der Waals surface area (Å²) in [7, 11) is 0. The minimum Gasteiger partial charge on any atom is -0.322 e. The van der Waals surface area contributed by atoms with Crippen LogP contribution in [0.15, 0.2) is 52.8 Å². The number of rotatable bonds is 4. The summed E-state index contributed by atoms with van der Waals surface area (Å²) in [6.07, 6.45) is 0. The standard InChI is InChI=1S/C21H14F3N3O2S/c1-11-20(30-10-25-11)21(29)27(16-6-14(23)5-15(24)7-16)9-12-4-19(28)26-18-8-13(22)2-3-17(12)18/h2-8,10H,9H2,1H3,(H,26,28). The molecule has 2 aromatic carbocycles. The van der Waals surface area contributed by atoms with Crippen molar-refractivity contribution in [1.82, 2.24) is 9.97 Å². The first-order chi connectivity index (χ1) is 14.3. The molecule has 30 heavy (non-hydrogen) atoms. The number of aryl methyl sites for hydroxylation is 1. The van der Waals surface area contributed by atoms with Gasteiger partial charge in [-0.15, -0.1) is 11.3 Å². The zero-order valence-electron chi connectivity index (χ0n) is 15.6. The number of carbonyl (C=O) groups excluding carboxylic acids is 1. The number of halogens is 3. The van der Waals surface area contributed by atoms with Crippen LogP contribution in [0.4, 0.5) is 18.9 Å². The van der Waals surface area contributed by atoms with Gasteiger partial charge in [0.05, 0.1) is 29.0 Å². The second-order valence-corrected chi connectivity index (χ2v) is 7.49. The number of nitrogens with zero attached hydrogens (tertiary/aromatic N) is 2. The Hall–Kier alpha value is -3.46. The summed E-state index contributed by atoms with van der Waals surface area (Å²) >= 11 is 1.10. The fourth-order valence-electron chi connectivity index (χ4n) is 3.21. The van der Waals surface area contributed by atoms with Crippen LogP contribution >= 0.6 is 11.3 Å². The summed E-state index contributed by atoms with van der Waals surface area (Å²) in [5, 5.41) is 0.506. The third-order valence-electron chi connectivity index (χ3n) is 4.56. The van der Waals surface area contributed by atoms with Crippen molar-refractivity contribution >= 4 is 33.8 Å². The van der Waals surface area contributed by atoms with Crippen molar-refractivity contribution in [2.24, 2.45) is 0 Å². The molecule has 0 saturated carbocycles. The predicted molar refractivity (Wildman–Crippen MR) is 108 cm³/mol. The Morgan fingerprint density at radius 2 is 1.80 bits per heavy atom. The molecule has 2 aromatic heterocycles. The zero-order chi connectivity index (χ0) is 21.4. The number of nitrogens with one attached hydrogen (secondary N) is 1. The van der Waals surface area contributed by atoms with Gasteiger partial charge in [0.2, 0.25) is 5.56 Å². The van der Waals surface area contributed by atoms with Crippen LogP contribution in [0.3, 0.4) is 0 Å². The Morgan fingerprint density at radius 3 is 2.47 bits per heavy atom. The lowest BCUT2D eigenvalue weighted by molar-refractivity contribution is 0.0988. The van der Waals surface area contributed by atoms with E-state index in [1.54, 1.807) is 6.92 Å². The normalized spacial score (nSPS) is 11.1. The predicted octanol–water partition coefficient (Wildman–Crippen LogP) is 4.56. The minimum atomic E-state index is -0.846. The monoisotopic (exact) mass is 429 g/mol. The van der Waals surface area contributed by atoms with Crippen molar-refractivity contribution in [3.63, 3.8) is 0 Å². The molecule has 152 valence electrons.